The van der Waals surface area contributed by atoms with Crippen LogP contribution in [-0.2, 0) is 0 Å². The fraction of sp³-hybridized carbons (Fsp3) is 0.0667. The van der Waals surface area contributed by atoms with Crippen molar-refractivity contribution in [1.29, 1.82) is 0 Å². The van der Waals surface area contributed by atoms with Crippen LogP contribution in [0.1, 0.15) is 17.4 Å². The molecule has 3 heteroatoms. The maximum atomic E-state index is 5.63. The minimum absolute atomic E-state index is 0.121. The van der Waals surface area contributed by atoms with Crippen LogP contribution >= 0.6 is 0 Å². The Balaban J connectivity index is 2.07. The molecule has 18 heavy (non-hydrogen) atoms. The summed E-state index contributed by atoms with van der Waals surface area (Å²) in [6.07, 6.45) is 1.65. The molecule has 3 nitrogen and oxygen atoms in total. The molecular formula is C15H14N2O. The van der Waals surface area contributed by atoms with Crippen LogP contribution in [0.4, 0.5) is 0 Å². The minimum Gasteiger partial charge on any atom is -0.467 e. The molecule has 0 spiro atoms. The Morgan fingerprint density at radius 2 is 1.78 bits per heavy atom. The van der Waals surface area contributed by atoms with E-state index in [2.05, 4.69) is 35.8 Å². The van der Waals surface area contributed by atoms with E-state index in [0.717, 1.165) is 11.3 Å². The van der Waals surface area contributed by atoms with Gasteiger partial charge in [0.1, 0.15) is 11.8 Å². The summed E-state index contributed by atoms with van der Waals surface area (Å²) in [6.45, 7) is 0. The second-order valence-corrected chi connectivity index (χ2v) is 4.22. The summed E-state index contributed by atoms with van der Waals surface area (Å²) in [6, 6.07) is 18.2. The lowest BCUT2D eigenvalue weighted by atomic mass is 10.0. The number of fused-ring (bicyclic) bond motifs is 1. The highest BCUT2D eigenvalue weighted by Gasteiger charge is 2.15. The second-order valence-electron chi connectivity index (χ2n) is 4.22. The number of furan rings is 1. The van der Waals surface area contributed by atoms with Gasteiger partial charge in [-0.2, -0.15) is 0 Å². The molecule has 2 aromatic carbocycles. The average Bonchev–Trinajstić information content (AvgIpc) is 2.93. The topological polar surface area (TPSA) is 51.2 Å². The number of benzene rings is 2. The fourth-order valence-electron chi connectivity index (χ4n) is 2.19. The van der Waals surface area contributed by atoms with Crippen molar-refractivity contribution in [2.75, 3.05) is 0 Å². The zero-order valence-corrected chi connectivity index (χ0v) is 9.84. The molecule has 3 N–H and O–H groups in total. The average molecular weight is 238 g/mol. The molecule has 3 aromatic rings. The van der Waals surface area contributed by atoms with Crippen molar-refractivity contribution < 1.29 is 4.42 Å². The van der Waals surface area contributed by atoms with Gasteiger partial charge < -0.3 is 4.42 Å². The quantitative estimate of drug-likeness (QED) is 0.545. The summed E-state index contributed by atoms with van der Waals surface area (Å²) < 4.78 is 5.41. The Hall–Kier alpha value is -2.10. The van der Waals surface area contributed by atoms with E-state index in [1.165, 1.54) is 10.8 Å². The number of nitrogens with two attached hydrogens (primary N) is 1. The maximum Gasteiger partial charge on any atom is 0.126 e. The Kier molecular flexibility index (Phi) is 2.84. The third-order valence-electron chi connectivity index (χ3n) is 3.10. The lowest BCUT2D eigenvalue weighted by molar-refractivity contribution is 0.452. The third kappa shape index (κ3) is 1.90. The van der Waals surface area contributed by atoms with E-state index in [4.69, 9.17) is 10.3 Å². The number of hydrogen-bond acceptors (Lipinski definition) is 3. The molecule has 1 heterocycles. The molecule has 1 aromatic heterocycles. The Labute approximate surface area is 105 Å². The van der Waals surface area contributed by atoms with E-state index in [1.807, 2.05) is 24.3 Å². The monoisotopic (exact) mass is 238 g/mol. The van der Waals surface area contributed by atoms with Crippen molar-refractivity contribution in [1.82, 2.24) is 5.43 Å². The van der Waals surface area contributed by atoms with Gasteiger partial charge in [0.05, 0.1) is 6.26 Å². The lowest BCUT2D eigenvalue weighted by Crippen LogP contribution is -2.28. The van der Waals surface area contributed by atoms with Gasteiger partial charge in [0.2, 0.25) is 0 Å². The normalized spacial score (nSPS) is 12.7. The zero-order valence-electron chi connectivity index (χ0n) is 9.84. The largest absolute Gasteiger partial charge is 0.467 e. The molecule has 1 atom stereocenters. The molecule has 90 valence electrons. The van der Waals surface area contributed by atoms with Crippen LogP contribution in [0.25, 0.3) is 10.8 Å². The van der Waals surface area contributed by atoms with Crippen LogP contribution < -0.4 is 11.3 Å². The van der Waals surface area contributed by atoms with Crippen LogP contribution in [0.5, 0.6) is 0 Å². The first kappa shape index (κ1) is 11.0. The number of hydrogen-bond donors (Lipinski definition) is 2. The predicted octanol–water partition coefficient (Wildman–Crippen LogP) is 2.99. The zero-order chi connectivity index (χ0) is 12.4. The Morgan fingerprint density at radius 1 is 0.944 bits per heavy atom. The van der Waals surface area contributed by atoms with Gasteiger partial charge in [0, 0.05) is 0 Å². The van der Waals surface area contributed by atoms with Crippen molar-refractivity contribution in [2.45, 2.75) is 6.04 Å². The molecule has 0 aliphatic carbocycles. The van der Waals surface area contributed by atoms with Crippen molar-refractivity contribution in [2.24, 2.45) is 5.84 Å². The van der Waals surface area contributed by atoms with E-state index in [9.17, 15) is 0 Å². The molecule has 0 saturated heterocycles. The van der Waals surface area contributed by atoms with Gasteiger partial charge in [0.15, 0.2) is 0 Å². The first-order chi connectivity index (χ1) is 8.88. The Morgan fingerprint density at radius 3 is 2.50 bits per heavy atom. The molecule has 0 fully saturated rings. The SMILES string of the molecule is NNC(c1ccc2ccccc2c1)c1ccco1. The second kappa shape index (κ2) is 4.64. The van der Waals surface area contributed by atoms with Crippen molar-refractivity contribution >= 4 is 10.8 Å². The summed E-state index contributed by atoms with van der Waals surface area (Å²) in [5.41, 5.74) is 3.88. The molecule has 3 rings (SSSR count). The number of hydrazine groups is 1. The van der Waals surface area contributed by atoms with Gasteiger partial charge in [-0.15, -0.1) is 0 Å². The third-order valence-corrected chi connectivity index (χ3v) is 3.10. The molecule has 0 aliphatic rings. The fourth-order valence-corrected chi connectivity index (χ4v) is 2.19. The van der Waals surface area contributed by atoms with Crippen LogP contribution in [0.2, 0.25) is 0 Å². The Bertz CT molecular complexity index is 646. The van der Waals surface area contributed by atoms with E-state index in [-0.39, 0.29) is 6.04 Å². The highest BCUT2D eigenvalue weighted by atomic mass is 16.3. The van der Waals surface area contributed by atoms with Gasteiger partial charge in [-0.3, -0.25) is 5.84 Å². The van der Waals surface area contributed by atoms with Gasteiger partial charge in [0.25, 0.3) is 0 Å². The van der Waals surface area contributed by atoms with E-state index in [1.54, 1.807) is 6.26 Å². The van der Waals surface area contributed by atoms with Crippen molar-refractivity contribution in [3.05, 3.63) is 72.2 Å². The van der Waals surface area contributed by atoms with Gasteiger partial charge in [-0.25, -0.2) is 5.43 Å². The standard InChI is InChI=1S/C15H14N2O/c16-17-15(14-6-3-9-18-14)13-8-7-11-4-1-2-5-12(11)10-13/h1-10,15,17H,16H2. The van der Waals surface area contributed by atoms with Crippen molar-refractivity contribution in [3.8, 4) is 0 Å². The van der Waals surface area contributed by atoms with E-state index >= 15 is 0 Å². The smallest absolute Gasteiger partial charge is 0.126 e. The van der Waals surface area contributed by atoms with E-state index in [0.29, 0.717) is 0 Å². The molecule has 0 saturated carbocycles. The number of rotatable bonds is 3. The first-order valence-electron chi connectivity index (χ1n) is 5.87. The highest BCUT2D eigenvalue weighted by molar-refractivity contribution is 5.83. The van der Waals surface area contributed by atoms with Crippen molar-refractivity contribution in [3.63, 3.8) is 0 Å². The van der Waals surface area contributed by atoms with Crippen LogP contribution in [0.15, 0.2) is 65.3 Å². The van der Waals surface area contributed by atoms with Gasteiger partial charge in [-0.1, -0.05) is 36.4 Å². The van der Waals surface area contributed by atoms with Gasteiger partial charge in [-0.05, 0) is 34.5 Å². The summed E-state index contributed by atoms with van der Waals surface area (Å²) in [7, 11) is 0. The summed E-state index contributed by atoms with van der Waals surface area (Å²) in [5.74, 6) is 6.44. The highest BCUT2D eigenvalue weighted by Crippen LogP contribution is 2.25. The molecule has 0 radical (unpaired) electrons. The predicted molar refractivity (Wildman–Crippen MR) is 71.8 cm³/mol. The van der Waals surface area contributed by atoms with E-state index < -0.39 is 0 Å². The summed E-state index contributed by atoms with van der Waals surface area (Å²) in [5, 5.41) is 2.42. The lowest BCUT2D eigenvalue weighted by Gasteiger charge is -2.14. The molecule has 0 aliphatic heterocycles. The molecule has 0 bridgehead atoms. The molecule has 1 unspecified atom stereocenters. The van der Waals surface area contributed by atoms with Crippen LogP contribution in [0.3, 0.4) is 0 Å². The maximum absolute atomic E-state index is 5.63. The van der Waals surface area contributed by atoms with Gasteiger partial charge >= 0.3 is 0 Å². The molecule has 0 amide bonds. The first-order valence-corrected chi connectivity index (χ1v) is 5.87. The van der Waals surface area contributed by atoms with Crippen LogP contribution in [-0.4, -0.2) is 0 Å². The molecular weight excluding hydrogens is 224 g/mol. The minimum atomic E-state index is -0.121. The number of nitrogens with one attached hydrogen (secondary N) is 1. The summed E-state index contributed by atoms with van der Waals surface area (Å²) in [4.78, 5) is 0. The summed E-state index contributed by atoms with van der Waals surface area (Å²) >= 11 is 0. The van der Waals surface area contributed by atoms with Crippen LogP contribution in [0, 0.1) is 0 Å².